The highest BCUT2D eigenvalue weighted by atomic mass is 15.2. The summed E-state index contributed by atoms with van der Waals surface area (Å²) in [5.41, 5.74) is 1.63. The lowest BCUT2D eigenvalue weighted by atomic mass is 9.88. The van der Waals surface area contributed by atoms with Crippen molar-refractivity contribution in [2.24, 2.45) is 0 Å². The van der Waals surface area contributed by atoms with Crippen molar-refractivity contribution in [1.29, 1.82) is 0 Å². The zero-order valence-corrected chi connectivity index (χ0v) is 13.2. The van der Waals surface area contributed by atoms with Crippen molar-refractivity contribution in [3.63, 3.8) is 0 Å². The van der Waals surface area contributed by atoms with Gasteiger partial charge in [0, 0.05) is 11.6 Å². The van der Waals surface area contributed by atoms with E-state index in [1.165, 1.54) is 24.8 Å². The summed E-state index contributed by atoms with van der Waals surface area (Å²) in [5, 5.41) is 3.65. The number of rotatable bonds is 8. The molecular weight excluding hydrogens is 232 g/mol. The Morgan fingerprint density at radius 2 is 1.79 bits per heavy atom. The summed E-state index contributed by atoms with van der Waals surface area (Å²) >= 11 is 0. The van der Waals surface area contributed by atoms with Gasteiger partial charge in [-0.25, -0.2) is 0 Å². The molecule has 0 heterocycles. The Morgan fingerprint density at radius 3 is 2.32 bits per heavy atom. The fourth-order valence-electron chi connectivity index (χ4n) is 2.42. The van der Waals surface area contributed by atoms with Gasteiger partial charge in [0.05, 0.1) is 0 Å². The van der Waals surface area contributed by atoms with Crippen molar-refractivity contribution < 1.29 is 0 Å². The summed E-state index contributed by atoms with van der Waals surface area (Å²) in [4.78, 5) is 2.32. The molecule has 0 saturated heterocycles. The van der Waals surface area contributed by atoms with E-state index in [0.29, 0.717) is 6.04 Å². The Bertz CT molecular complexity index is 344. The van der Waals surface area contributed by atoms with E-state index in [0.717, 1.165) is 6.54 Å². The van der Waals surface area contributed by atoms with E-state index in [1.807, 2.05) is 0 Å². The van der Waals surface area contributed by atoms with Gasteiger partial charge < -0.3 is 10.2 Å². The number of nitrogens with one attached hydrogen (secondary N) is 1. The smallest absolute Gasteiger partial charge is 0.0300 e. The molecule has 1 aromatic carbocycles. The van der Waals surface area contributed by atoms with Crippen LogP contribution in [0.5, 0.6) is 0 Å². The maximum atomic E-state index is 3.65. The van der Waals surface area contributed by atoms with Crippen molar-refractivity contribution in [2.75, 3.05) is 20.6 Å². The van der Waals surface area contributed by atoms with Crippen LogP contribution >= 0.6 is 0 Å². The quantitative estimate of drug-likeness (QED) is 0.773. The first-order valence-electron chi connectivity index (χ1n) is 7.43. The Kier molecular flexibility index (Phi) is 6.53. The fraction of sp³-hybridized carbons (Fsp3) is 0.647. The number of nitrogens with zero attached hydrogens (tertiary/aromatic N) is 1. The van der Waals surface area contributed by atoms with Crippen LogP contribution in [0, 0.1) is 0 Å². The summed E-state index contributed by atoms with van der Waals surface area (Å²) in [6.07, 6.45) is 3.62. The monoisotopic (exact) mass is 262 g/mol. The Labute approximate surface area is 119 Å². The van der Waals surface area contributed by atoms with Gasteiger partial charge in [-0.05, 0) is 59.3 Å². The van der Waals surface area contributed by atoms with E-state index in [4.69, 9.17) is 0 Å². The van der Waals surface area contributed by atoms with Crippen LogP contribution in [0.4, 0.5) is 0 Å². The maximum absolute atomic E-state index is 3.65. The van der Waals surface area contributed by atoms with Gasteiger partial charge in [-0.1, -0.05) is 37.3 Å². The topological polar surface area (TPSA) is 15.3 Å². The van der Waals surface area contributed by atoms with Crippen LogP contribution in [-0.2, 0) is 6.42 Å². The Hall–Kier alpha value is -0.860. The Morgan fingerprint density at radius 1 is 1.16 bits per heavy atom. The lowest BCUT2D eigenvalue weighted by molar-refractivity contribution is 0.132. The van der Waals surface area contributed by atoms with Crippen molar-refractivity contribution in [3.05, 3.63) is 35.9 Å². The summed E-state index contributed by atoms with van der Waals surface area (Å²) in [6.45, 7) is 7.87. The predicted octanol–water partition coefficient (Wildman–Crippen LogP) is 3.33. The van der Waals surface area contributed by atoms with Gasteiger partial charge in [0.1, 0.15) is 0 Å². The van der Waals surface area contributed by atoms with Crippen molar-refractivity contribution in [1.82, 2.24) is 10.2 Å². The molecule has 0 fully saturated rings. The van der Waals surface area contributed by atoms with Crippen LogP contribution in [-0.4, -0.2) is 37.1 Å². The van der Waals surface area contributed by atoms with E-state index < -0.39 is 0 Å². The van der Waals surface area contributed by atoms with Crippen molar-refractivity contribution in [2.45, 2.75) is 51.6 Å². The molecule has 2 nitrogen and oxygen atoms in total. The molecule has 0 aliphatic carbocycles. The number of likely N-dealkylation sites (N-methyl/N-ethyl adjacent to an activating group) is 2. The van der Waals surface area contributed by atoms with Crippen LogP contribution in [0.25, 0.3) is 0 Å². The molecule has 1 unspecified atom stereocenters. The molecule has 1 rings (SSSR count). The molecule has 108 valence electrons. The summed E-state index contributed by atoms with van der Waals surface area (Å²) in [6, 6.07) is 11.3. The highest BCUT2D eigenvalue weighted by Gasteiger charge is 2.30. The van der Waals surface area contributed by atoms with Gasteiger partial charge in [0.2, 0.25) is 0 Å². The second-order valence-electron chi connectivity index (χ2n) is 6.04. The van der Waals surface area contributed by atoms with Gasteiger partial charge in [0.15, 0.2) is 0 Å². The molecule has 0 bridgehead atoms. The lowest BCUT2D eigenvalue weighted by Gasteiger charge is -2.40. The van der Waals surface area contributed by atoms with Crippen LogP contribution in [0.1, 0.15) is 39.2 Å². The van der Waals surface area contributed by atoms with Gasteiger partial charge in [-0.3, -0.25) is 0 Å². The van der Waals surface area contributed by atoms with Crippen LogP contribution in [0.3, 0.4) is 0 Å². The van der Waals surface area contributed by atoms with Crippen molar-refractivity contribution >= 4 is 0 Å². The number of aryl methyl sites for hydroxylation is 1. The largest absolute Gasteiger partial charge is 0.312 e. The molecule has 1 N–H and O–H groups in total. The third kappa shape index (κ3) is 4.96. The Balaban J connectivity index is 2.50. The summed E-state index contributed by atoms with van der Waals surface area (Å²) in [7, 11) is 4.34. The normalized spacial score (nSPS) is 13.8. The average molecular weight is 262 g/mol. The molecule has 0 aliphatic rings. The third-order valence-electron chi connectivity index (χ3n) is 4.26. The average Bonchev–Trinajstić information content (AvgIpc) is 2.38. The molecule has 1 aromatic rings. The summed E-state index contributed by atoms with van der Waals surface area (Å²) in [5.74, 6) is 0. The zero-order chi connectivity index (χ0) is 14.3. The summed E-state index contributed by atoms with van der Waals surface area (Å²) < 4.78 is 0. The van der Waals surface area contributed by atoms with E-state index >= 15 is 0 Å². The third-order valence-corrected chi connectivity index (χ3v) is 4.26. The molecule has 19 heavy (non-hydrogen) atoms. The lowest BCUT2D eigenvalue weighted by Crippen LogP contribution is -2.55. The van der Waals surface area contributed by atoms with E-state index in [2.05, 4.69) is 75.4 Å². The predicted molar refractivity (Wildman–Crippen MR) is 84.6 cm³/mol. The minimum Gasteiger partial charge on any atom is -0.312 e. The van der Waals surface area contributed by atoms with Gasteiger partial charge in [-0.15, -0.1) is 0 Å². The first-order valence-corrected chi connectivity index (χ1v) is 7.43. The fourth-order valence-corrected chi connectivity index (χ4v) is 2.42. The van der Waals surface area contributed by atoms with E-state index in [-0.39, 0.29) is 5.54 Å². The molecule has 0 aliphatic heterocycles. The molecule has 2 heteroatoms. The molecule has 1 atom stereocenters. The van der Waals surface area contributed by atoms with Crippen LogP contribution in [0.2, 0.25) is 0 Å². The highest BCUT2D eigenvalue weighted by Crippen LogP contribution is 2.20. The van der Waals surface area contributed by atoms with Gasteiger partial charge in [0.25, 0.3) is 0 Å². The molecule has 0 spiro atoms. The number of benzene rings is 1. The highest BCUT2D eigenvalue weighted by molar-refractivity contribution is 5.14. The van der Waals surface area contributed by atoms with Crippen LogP contribution < -0.4 is 5.32 Å². The second kappa shape index (κ2) is 7.66. The van der Waals surface area contributed by atoms with Gasteiger partial charge in [-0.2, -0.15) is 0 Å². The molecule has 0 saturated carbocycles. The standard InChI is InChI=1S/C17H30N2/c1-6-18-16(17(2,3)19(4)5)14-10-13-15-11-8-7-9-12-15/h7-9,11-12,16,18H,6,10,13-14H2,1-5H3. The second-order valence-corrected chi connectivity index (χ2v) is 6.04. The van der Waals surface area contributed by atoms with Crippen molar-refractivity contribution in [3.8, 4) is 0 Å². The van der Waals surface area contributed by atoms with E-state index in [9.17, 15) is 0 Å². The molecule has 0 radical (unpaired) electrons. The number of hydrogen-bond donors (Lipinski definition) is 1. The minimum atomic E-state index is 0.187. The minimum absolute atomic E-state index is 0.187. The number of hydrogen-bond acceptors (Lipinski definition) is 2. The molecule has 0 aromatic heterocycles. The molecule has 0 amide bonds. The SMILES string of the molecule is CCNC(CCCc1ccccc1)C(C)(C)N(C)C. The molecular formula is C17H30N2. The zero-order valence-electron chi connectivity index (χ0n) is 13.2. The maximum Gasteiger partial charge on any atom is 0.0300 e. The van der Waals surface area contributed by atoms with Gasteiger partial charge >= 0.3 is 0 Å². The first-order chi connectivity index (χ1) is 8.98. The van der Waals surface area contributed by atoms with Crippen LogP contribution in [0.15, 0.2) is 30.3 Å². The first kappa shape index (κ1) is 16.2. The van der Waals surface area contributed by atoms with E-state index in [1.54, 1.807) is 0 Å².